The van der Waals surface area contributed by atoms with Gasteiger partial charge in [0.25, 0.3) is 0 Å². The largest absolute Gasteiger partial charge is 0.477 e. The number of rotatable bonds is 5. The van der Waals surface area contributed by atoms with E-state index in [0.717, 1.165) is 34.4 Å². The summed E-state index contributed by atoms with van der Waals surface area (Å²) in [6, 6.07) is 8.06. The first kappa shape index (κ1) is 17.9. The number of benzene rings is 1. The Labute approximate surface area is 153 Å². The Morgan fingerprint density at radius 1 is 1.27 bits per heavy atom. The number of aromatic amines is 1. The second-order valence-corrected chi connectivity index (χ2v) is 6.77. The van der Waals surface area contributed by atoms with Gasteiger partial charge < -0.3 is 9.67 Å². The van der Waals surface area contributed by atoms with Gasteiger partial charge in [-0.15, -0.1) is 5.10 Å². The van der Waals surface area contributed by atoms with E-state index in [2.05, 4.69) is 15.2 Å². The Bertz CT molecular complexity index is 989. The Hall–Kier alpha value is -2.87. The van der Waals surface area contributed by atoms with Crippen molar-refractivity contribution >= 4 is 23.8 Å². The molecule has 0 aliphatic carbocycles. The van der Waals surface area contributed by atoms with Gasteiger partial charge in [-0.05, 0) is 74.5 Å². The minimum absolute atomic E-state index is 0.114. The van der Waals surface area contributed by atoms with Gasteiger partial charge in [0, 0.05) is 17.1 Å². The summed E-state index contributed by atoms with van der Waals surface area (Å²) in [5.41, 5.74) is 3.36. The third-order valence-corrected chi connectivity index (χ3v) is 4.71. The van der Waals surface area contributed by atoms with Crippen LogP contribution in [0.4, 0.5) is 4.39 Å². The number of aliphatic carboxylic acids is 1. The molecule has 2 heterocycles. The lowest BCUT2D eigenvalue weighted by Gasteiger charge is -2.09. The molecule has 0 bridgehead atoms. The van der Waals surface area contributed by atoms with Gasteiger partial charge in [-0.1, -0.05) is 0 Å². The van der Waals surface area contributed by atoms with E-state index in [1.165, 1.54) is 12.1 Å². The van der Waals surface area contributed by atoms with Gasteiger partial charge in [0.1, 0.15) is 16.5 Å². The number of thioether (sulfide) groups is 1. The molecule has 1 aromatic carbocycles. The zero-order chi connectivity index (χ0) is 18.8. The molecule has 0 spiro atoms. The van der Waals surface area contributed by atoms with Crippen molar-refractivity contribution in [3.8, 4) is 5.69 Å². The maximum Gasteiger partial charge on any atom is 0.342 e. The van der Waals surface area contributed by atoms with E-state index in [1.54, 1.807) is 25.1 Å². The van der Waals surface area contributed by atoms with Crippen LogP contribution in [0.25, 0.3) is 11.8 Å². The maximum absolute atomic E-state index is 13.2. The fraction of sp³-hybridized carbons (Fsp3) is 0.167. The summed E-state index contributed by atoms with van der Waals surface area (Å²) in [5, 5.41) is 16.5. The molecule has 0 fully saturated rings. The van der Waals surface area contributed by atoms with Crippen molar-refractivity contribution in [2.45, 2.75) is 25.9 Å². The summed E-state index contributed by atoms with van der Waals surface area (Å²) in [5.74, 6) is -0.738. The van der Waals surface area contributed by atoms with Crippen molar-refractivity contribution in [2.75, 3.05) is 0 Å². The SMILES string of the molecule is Cc1nc(S/C(=C\c2cc(C)n(-c3ccc(F)cc3)c2C)C(=O)O)n[nH]1. The van der Waals surface area contributed by atoms with E-state index >= 15 is 0 Å². The quantitative estimate of drug-likeness (QED) is 0.525. The average Bonchev–Trinajstić information content (AvgIpc) is 3.11. The summed E-state index contributed by atoms with van der Waals surface area (Å²) in [4.78, 5) is 15.9. The zero-order valence-electron chi connectivity index (χ0n) is 14.4. The lowest BCUT2D eigenvalue weighted by molar-refractivity contribution is -0.131. The molecule has 2 N–H and O–H groups in total. The standard InChI is InChI=1S/C18H17FN4O2S/c1-10-8-13(11(2)23(10)15-6-4-14(19)5-7-15)9-16(17(24)25)26-18-20-12(3)21-22-18/h4-9H,1-3H3,(H,24,25)(H,20,21,22)/b16-9-. The number of aryl methyl sites for hydroxylation is 2. The van der Waals surface area contributed by atoms with Crippen molar-refractivity contribution < 1.29 is 14.3 Å². The number of hydrogen-bond acceptors (Lipinski definition) is 4. The lowest BCUT2D eigenvalue weighted by atomic mass is 10.2. The average molecular weight is 372 g/mol. The highest BCUT2D eigenvalue weighted by Crippen LogP contribution is 2.29. The molecule has 6 nitrogen and oxygen atoms in total. The van der Waals surface area contributed by atoms with Crippen LogP contribution in [-0.2, 0) is 4.79 Å². The summed E-state index contributed by atoms with van der Waals surface area (Å²) in [7, 11) is 0. The van der Waals surface area contributed by atoms with Crippen LogP contribution < -0.4 is 0 Å². The van der Waals surface area contributed by atoms with Gasteiger partial charge in [0.15, 0.2) is 0 Å². The van der Waals surface area contributed by atoms with Crippen LogP contribution in [-0.4, -0.2) is 30.8 Å². The smallest absolute Gasteiger partial charge is 0.342 e. The predicted molar refractivity (Wildman–Crippen MR) is 97.8 cm³/mol. The van der Waals surface area contributed by atoms with Crippen molar-refractivity contribution in [1.82, 2.24) is 19.7 Å². The summed E-state index contributed by atoms with van der Waals surface area (Å²) >= 11 is 0.983. The number of carboxylic acid groups (broad SMARTS) is 1. The molecule has 0 saturated heterocycles. The molecule has 0 amide bonds. The van der Waals surface area contributed by atoms with Gasteiger partial charge in [-0.2, -0.15) is 0 Å². The van der Waals surface area contributed by atoms with Crippen LogP contribution in [0, 0.1) is 26.6 Å². The molecule has 8 heteroatoms. The molecular weight excluding hydrogens is 355 g/mol. The van der Waals surface area contributed by atoms with Gasteiger partial charge in [0.05, 0.1) is 0 Å². The maximum atomic E-state index is 13.2. The van der Waals surface area contributed by atoms with E-state index in [-0.39, 0.29) is 10.7 Å². The first-order valence-electron chi connectivity index (χ1n) is 7.82. The van der Waals surface area contributed by atoms with Crippen LogP contribution in [0.3, 0.4) is 0 Å². The minimum Gasteiger partial charge on any atom is -0.477 e. The number of nitrogens with zero attached hydrogens (tertiary/aromatic N) is 3. The lowest BCUT2D eigenvalue weighted by Crippen LogP contribution is -2.00. The van der Waals surface area contributed by atoms with Crippen LogP contribution >= 0.6 is 11.8 Å². The predicted octanol–water partition coefficient (Wildman–Crippen LogP) is 3.88. The number of H-pyrrole nitrogens is 1. The van der Waals surface area contributed by atoms with E-state index in [0.29, 0.717) is 11.0 Å². The van der Waals surface area contributed by atoms with Crippen LogP contribution in [0.1, 0.15) is 22.8 Å². The first-order chi connectivity index (χ1) is 12.3. The highest BCUT2D eigenvalue weighted by Gasteiger charge is 2.16. The Balaban J connectivity index is 1.99. The van der Waals surface area contributed by atoms with Crippen molar-refractivity contribution in [3.63, 3.8) is 0 Å². The van der Waals surface area contributed by atoms with Crippen molar-refractivity contribution in [2.24, 2.45) is 0 Å². The summed E-state index contributed by atoms with van der Waals surface area (Å²) in [6.07, 6.45) is 1.60. The van der Waals surface area contributed by atoms with Crippen molar-refractivity contribution in [1.29, 1.82) is 0 Å². The highest BCUT2D eigenvalue weighted by atomic mass is 32.2. The van der Waals surface area contributed by atoms with Crippen LogP contribution in [0.5, 0.6) is 0 Å². The molecule has 0 saturated carbocycles. The third-order valence-electron chi connectivity index (χ3n) is 3.83. The molecule has 2 aromatic heterocycles. The zero-order valence-corrected chi connectivity index (χ0v) is 15.3. The molecule has 0 atom stereocenters. The Morgan fingerprint density at radius 3 is 2.54 bits per heavy atom. The number of halogens is 1. The normalized spacial score (nSPS) is 11.8. The molecule has 0 aliphatic rings. The summed E-state index contributed by atoms with van der Waals surface area (Å²) < 4.78 is 15.1. The molecule has 3 aromatic rings. The molecule has 3 rings (SSSR count). The second kappa shape index (κ2) is 7.17. The van der Waals surface area contributed by atoms with Gasteiger partial charge in [-0.25, -0.2) is 14.2 Å². The topological polar surface area (TPSA) is 83.8 Å². The molecular formula is C18H17FN4O2S. The fourth-order valence-electron chi connectivity index (χ4n) is 2.66. The van der Waals surface area contributed by atoms with Crippen molar-refractivity contribution in [3.05, 3.63) is 63.8 Å². The second-order valence-electron chi connectivity index (χ2n) is 5.76. The van der Waals surface area contributed by atoms with E-state index < -0.39 is 5.97 Å². The molecule has 134 valence electrons. The molecule has 0 unspecified atom stereocenters. The molecule has 0 aliphatic heterocycles. The number of aromatic nitrogens is 4. The number of carboxylic acids is 1. The number of nitrogens with one attached hydrogen (secondary N) is 1. The van der Waals surface area contributed by atoms with E-state index in [1.807, 2.05) is 24.5 Å². The van der Waals surface area contributed by atoms with E-state index in [4.69, 9.17) is 0 Å². The van der Waals surface area contributed by atoms with Gasteiger partial charge in [0.2, 0.25) is 5.16 Å². The first-order valence-corrected chi connectivity index (χ1v) is 8.63. The molecule has 0 radical (unpaired) electrons. The Morgan fingerprint density at radius 2 is 1.96 bits per heavy atom. The van der Waals surface area contributed by atoms with E-state index in [9.17, 15) is 14.3 Å². The third kappa shape index (κ3) is 3.70. The highest BCUT2D eigenvalue weighted by molar-refractivity contribution is 8.04. The van der Waals surface area contributed by atoms with Crippen LogP contribution in [0.2, 0.25) is 0 Å². The monoisotopic (exact) mass is 372 g/mol. The van der Waals surface area contributed by atoms with Gasteiger partial charge >= 0.3 is 5.97 Å². The number of carbonyl (C=O) groups is 1. The molecule has 26 heavy (non-hydrogen) atoms. The van der Waals surface area contributed by atoms with Gasteiger partial charge in [-0.3, -0.25) is 5.10 Å². The minimum atomic E-state index is -1.05. The van der Waals surface area contributed by atoms with Crippen LogP contribution in [0.15, 0.2) is 40.4 Å². The fourth-order valence-corrected chi connectivity index (χ4v) is 3.41. The Kier molecular flexibility index (Phi) is 4.94. The summed E-state index contributed by atoms with van der Waals surface area (Å²) in [6.45, 7) is 5.56. The number of hydrogen-bond donors (Lipinski definition) is 2.